The van der Waals surface area contributed by atoms with E-state index in [4.69, 9.17) is 9.84 Å². The fraction of sp³-hybridized carbons (Fsp3) is 0.889. The number of nitrogens with zero attached hydrogens (tertiary/aromatic N) is 1. The summed E-state index contributed by atoms with van der Waals surface area (Å²) in [6, 6.07) is -0.507. The number of rotatable bonds is 8. The number of carbonyl (C=O) groups is 1. The van der Waals surface area contributed by atoms with Crippen molar-refractivity contribution >= 4 is 5.97 Å². The molecule has 0 bridgehead atoms. The van der Waals surface area contributed by atoms with E-state index in [9.17, 15) is 4.79 Å². The molecule has 0 heterocycles. The molecule has 1 unspecified atom stereocenters. The molecule has 5 heteroatoms. The fourth-order valence-electron chi connectivity index (χ4n) is 0.784. The number of aliphatic carboxylic acids is 1. The Bertz CT molecular complexity index is 162. The Hall–Kier alpha value is -0.650. The van der Waals surface area contributed by atoms with Crippen LogP contribution in [0.25, 0.3) is 0 Å². The van der Waals surface area contributed by atoms with Gasteiger partial charge in [0.25, 0.3) is 0 Å². The quantitative estimate of drug-likeness (QED) is 0.528. The molecular formula is C9H20N2O3. The van der Waals surface area contributed by atoms with Gasteiger partial charge in [0.2, 0.25) is 0 Å². The minimum Gasteiger partial charge on any atom is -0.480 e. The smallest absolute Gasteiger partial charge is 0.320 e. The van der Waals surface area contributed by atoms with Crippen LogP contribution in [0.4, 0.5) is 0 Å². The van der Waals surface area contributed by atoms with Gasteiger partial charge < -0.3 is 20.1 Å². The number of nitrogens with one attached hydrogen (secondary N) is 1. The van der Waals surface area contributed by atoms with Gasteiger partial charge in [0, 0.05) is 13.1 Å². The van der Waals surface area contributed by atoms with Crippen LogP contribution >= 0.6 is 0 Å². The molecule has 0 aromatic heterocycles. The first-order valence-electron chi connectivity index (χ1n) is 4.72. The van der Waals surface area contributed by atoms with Crippen molar-refractivity contribution in [2.45, 2.75) is 13.0 Å². The number of carboxylic acids is 1. The molecule has 0 aliphatic rings. The highest BCUT2D eigenvalue weighted by atomic mass is 16.5. The number of carboxylic acid groups (broad SMARTS) is 1. The molecule has 84 valence electrons. The van der Waals surface area contributed by atoms with Gasteiger partial charge in [-0.15, -0.1) is 0 Å². The van der Waals surface area contributed by atoms with Crippen molar-refractivity contribution in [3.05, 3.63) is 0 Å². The van der Waals surface area contributed by atoms with Crippen molar-refractivity contribution < 1.29 is 14.6 Å². The monoisotopic (exact) mass is 204 g/mol. The van der Waals surface area contributed by atoms with Gasteiger partial charge in [-0.3, -0.25) is 4.79 Å². The number of hydrogen-bond donors (Lipinski definition) is 2. The molecule has 5 nitrogen and oxygen atoms in total. The zero-order valence-electron chi connectivity index (χ0n) is 9.12. The third-order valence-corrected chi connectivity index (χ3v) is 1.75. The Balaban J connectivity index is 3.17. The van der Waals surface area contributed by atoms with E-state index >= 15 is 0 Å². The van der Waals surface area contributed by atoms with Crippen LogP contribution in [0, 0.1) is 0 Å². The lowest BCUT2D eigenvalue weighted by atomic mass is 10.3. The molecule has 14 heavy (non-hydrogen) atoms. The fourth-order valence-corrected chi connectivity index (χ4v) is 0.784. The maximum absolute atomic E-state index is 10.4. The summed E-state index contributed by atoms with van der Waals surface area (Å²) in [5, 5.41) is 11.4. The van der Waals surface area contributed by atoms with Crippen molar-refractivity contribution in [1.82, 2.24) is 10.2 Å². The van der Waals surface area contributed by atoms with Gasteiger partial charge in [-0.05, 0) is 21.0 Å². The van der Waals surface area contributed by atoms with Crippen LogP contribution in [0.3, 0.4) is 0 Å². The summed E-state index contributed by atoms with van der Waals surface area (Å²) in [7, 11) is 3.96. The number of hydrogen-bond acceptors (Lipinski definition) is 4. The molecule has 0 saturated heterocycles. The molecule has 0 aromatic carbocycles. The third-order valence-electron chi connectivity index (χ3n) is 1.75. The summed E-state index contributed by atoms with van der Waals surface area (Å²) in [6.07, 6.45) is 0. The van der Waals surface area contributed by atoms with Gasteiger partial charge in [-0.25, -0.2) is 0 Å². The van der Waals surface area contributed by atoms with Gasteiger partial charge in [-0.1, -0.05) is 0 Å². The zero-order chi connectivity index (χ0) is 11.0. The SMILES string of the molecule is CC(NCCOCCN(C)C)C(=O)O. The second-order valence-corrected chi connectivity index (χ2v) is 3.43. The second kappa shape index (κ2) is 7.73. The summed E-state index contributed by atoms with van der Waals surface area (Å²) < 4.78 is 5.28. The van der Waals surface area contributed by atoms with E-state index in [0.29, 0.717) is 19.8 Å². The average molecular weight is 204 g/mol. The third kappa shape index (κ3) is 7.97. The minimum absolute atomic E-state index is 0.507. The van der Waals surface area contributed by atoms with E-state index in [1.807, 2.05) is 19.0 Å². The van der Waals surface area contributed by atoms with Crippen molar-refractivity contribution in [1.29, 1.82) is 0 Å². The second-order valence-electron chi connectivity index (χ2n) is 3.43. The first-order valence-corrected chi connectivity index (χ1v) is 4.72. The van der Waals surface area contributed by atoms with Crippen LogP contribution in [0.15, 0.2) is 0 Å². The molecule has 1 atom stereocenters. The molecule has 0 aliphatic carbocycles. The van der Waals surface area contributed by atoms with E-state index in [-0.39, 0.29) is 0 Å². The van der Waals surface area contributed by atoms with Crippen LogP contribution < -0.4 is 5.32 Å². The normalized spacial score (nSPS) is 13.1. The lowest BCUT2D eigenvalue weighted by molar-refractivity contribution is -0.139. The van der Waals surface area contributed by atoms with Crippen molar-refractivity contribution in [2.24, 2.45) is 0 Å². The lowest BCUT2D eigenvalue weighted by Crippen LogP contribution is -2.36. The standard InChI is InChI=1S/C9H20N2O3/c1-8(9(12)13)10-4-6-14-7-5-11(2)3/h8,10H,4-7H2,1-3H3,(H,12,13). The van der Waals surface area contributed by atoms with Crippen LogP contribution in [0.1, 0.15) is 6.92 Å². The summed E-state index contributed by atoms with van der Waals surface area (Å²) in [5.74, 6) is -0.835. The molecule has 0 radical (unpaired) electrons. The maximum Gasteiger partial charge on any atom is 0.320 e. The molecule has 0 rings (SSSR count). The first-order chi connectivity index (χ1) is 6.54. The Morgan fingerprint density at radius 1 is 1.50 bits per heavy atom. The van der Waals surface area contributed by atoms with E-state index in [1.54, 1.807) is 6.92 Å². The Morgan fingerprint density at radius 2 is 2.14 bits per heavy atom. The highest BCUT2D eigenvalue weighted by Gasteiger charge is 2.07. The van der Waals surface area contributed by atoms with E-state index in [1.165, 1.54) is 0 Å². The lowest BCUT2D eigenvalue weighted by Gasteiger charge is -2.11. The van der Waals surface area contributed by atoms with Gasteiger partial charge in [0.1, 0.15) is 6.04 Å². The van der Waals surface area contributed by atoms with Crippen molar-refractivity contribution in [3.8, 4) is 0 Å². The summed E-state index contributed by atoms with van der Waals surface area (Å²) in [6.45, 7) is 4.29. The summed E-state index contributed by atoms with van der Waals surface area (Å²) in [5.41, 5.74) is 0. The highest BCUT2D eigenvalue weighted by Crippen LogP contribution is 1.81. The van der Waals surface area contributed by atoms with Crippen molar-refractivity contribution in [2.75, 3.05) is 40.4 Å². The Kier molecular flexibility index (Phi) is 7.37. The highest BCUT2D eigenvalue weighted by molar-refractivity contribution is 5.72. The maximum atomic E-state index is 10.4. The average Bonchev–Trinajstić information content (AvgIpc) is 2.09. The molecule has 2 N–H and O–H groups in total. The topological polar surface area (TPSA) is 61.8 Å². The first kappa shape index (κ1) is 13.4. The predicted molar refractivity (Wildman–Crippen MR) is 54.5 cm³/mol. The zero-order valence-corrected chi connectivity index (χ0v) is 9.12. The van der Waals surface area contributed by atoms with Gasteiger partial charge in [-0.2, -0.15) is 0 Å². The van der Waals surface area contributed by atoms with Crippen molar-refractivity contribution in [3.63, 3.8) is 0 Å². The van der Waals surface area contributed by atoms with Gasteiger partial charge in [0.15, 0.2) is 0 Å². The van der Waals surface area contributed by atoms with Crippen LogP contribution in [0.2, 0.25) is 0 Å². The Labute approximate surface area is 85.0 Å². The van der Waals surface area contributed by atoms with Crippen LogP contribution in [0.5, 0.6) is 0 Å². The molecule has 0 spiro atoms. The van der Waals surface area contributed by atoms with E-state index in [0.717, 1.165) is 6.54 Å². The minimum atomic E-state index is -0.835. The molecule has 0 saturated carbocycles. The van der Waals surface area contributed by atoms with Gasteiger partial charge >= 0.3 is 5.97 Å². The summed E-state index contributed by atoms with van der Waals surface area (Å²) >= 11 is 0. The predicted octanol–water partition coefficient (Wildman–Crippen LogP) is -0.373. The van der Waals surface area contributed by atoms with Crippen LogP contribution in [-0.4, -0.2) is 62.4 Å². The van der Waals surface area contributed by atoms with E-state index < -0.39 is 12.0 Å². The molecule has 0 fully saturated rings. The van der Waals surface area contributed by atoms with Gasteiger partial charge in [0.05, 0.1) is 13.2 Å². The summed E-state index contributed by atoms with van der Waals surface area (Å²) in [4.78, 5) is 12.4. The molecule has 0 aliphatic heterocycles. The largest absolute Gasteiger partial charge is 0.480 e. The van der Waals surface area contributed by atoms with Crippen LogP contribution in [-0.2, 0) is 9.53 Å². The number of likely N-dealkylation sites (N-methyl/N-ethyl adjacent to an activating group) is 1. The molecule has 0 amide bonds. The number of ether oxygens (including phenoxy) is 1. The van der Waals surface area contributed by atoms with E-state index in [2.05, 4.69) is 5.32 Å². The molecular weight excluding hydrogens is 184 g/mol. The Morgan fingerprint density at radius 3 is 2.64 bits per heavy atom. The molecule has 0 aromatic rings.